The number of benzene rings is 1. The minimum atomic E-state index is -4.76. The lowest BCUT2D eigenvalue weighted by molar-refractivity contribution is -0.274. The second kappa shape index (κ2) is 4.50. The fourth-order valence-electron chi connectivity index (χ4n) is 0.797. The fourth-order valence-corrected chi connectivity index (χ4v) is 2.21. The van der Waals surface area contributed by atoms with Gasteiger partial charge in [-0.3, -0.25) is 0 Å². The highest BCUT2D eigenvalue weighted by atomic mass is 79.9. The average Bonchev–Trinajstić information content (AvgIpc) is 2.08. The maximum absolute atomic E-state index is 12.0. The molecule has 0 radical (unpaired) electrons. The Bertz CT molecular complexity index is 394. The molecular weight excluding hydrogens is 411 g/mol. The van der Waals surface area contributed by atoms with Gasteiger partial charge < -0.3 is 10.5 Å². The largest absolute Gasteiger partial charge is 0.573 e. The lowest BCUT2D eigenvalue weighted by atomic mass is 10.3. The zero-order valence-corrected chi connectivity index (χ0v) is 11.6. The second-order valence-electron chi connectivity index (χ2n) is 2.45. The van der Waals surface area contributed by atoms with Crippen LogP contribution in [0.3, 0.4) is 0 Å². The second-order valence-corrected chi connectivity index (χ2v) is 4.89. The van der Waals surface area contributed by atoms with Crippen LogP contribution in [0.5, 0.6) is 5.75 Å². The number of nitrogen functional groups attached to an aromatic ring is 1. The molecule has 0 bridgehead atoms. The average molecular weight is 414 g/mol. The van der Waals surface area contributed by atoms with Gasteiger partial charge in [0.25, 0.3) is 0 Å². The molecule has 0 aliphatic carbocycles. The zero-order chi connectivity index (χ0) is 11.8. The molecule has 0 spiro atoms. The summed E-state index contributed by atoms with van der Waals surface area (Å²) in [6.45, 7) is 0. The van der Waals surface area contributed by atoms with Gasteiger partial charge in [-0.15, -0.1) is 13.2 Å². The number of hydrogen-bond donors (Lipinski definition) is 1. The quantitative estimate of drug-likeness (QED) is 0.545. The normalized spacial score (nSPS) is 11.6. The standard InChI is InChI=1S/C7H3Br3F3NO/c8-2-1-3(15-7(11,12)13)6(14)5(10)4(2)9/h1H,14H2. The summed E-state index contributed by atoms with van der Waals surface area (Å²) in [4.78, 5) is 0. The van der Waals surface area contributed by atoms with E-state index in [1.807, 2.05) is 0 Å². The Kier molecular flexibility index (Phi) is 3.94. The highest BCUT2D eigenvalue weighted by Gasteiger charge is 2.32. The van der Waals surface area contributed by atoms with Gasteiger partial charge in [0.2, 0.25) is 0 Å². The molecule has 0 aromatic heterocycles. The maximum Gasteiger partial charge on any atom is 0.573 e. The molecule has 0 heterocycles. The molecule has 8 heteroatoms. The van der Waals surface area contributed by atoms with E-state index in [0.29, 0.717) is 13.4 Å². The summed E-state index contributed by atoms with van der Waals surface area (Å²) in [5.41, 5.74) is 5.31. The minimum absolute atomic E-state index is 0.123. The molecule has 0 aliphatic rings. The molecule has 2 nitrogen and oxygen atoms in total. The Morgan fingerprint density at radius 3 is 2.13 bits per heavy atom. The van der Waals surface area contributed by atoms with Crippen LogP contribution in [-0.2, 0) is 0 Å². The van der Waals surface area contributed by atoms with Crippen molar-refractivity contribution in [2.75, 3.05) is 5.73 Å². The van der Waals surface area contributed by atoms with Crippen molar-refractivity contribution in [1.29, 1.82) is 0 Å². The van der Waals surface area contributed by atoms with E-state index in [1.54, 1.807) is 0 Å². The van der Waals surface area contributed by atoms with Crippen molar-refractivity contribution in [1.82, 2.24) is 0 Å². The first kappa shape index (κ1) is 13.1. The minimum Gasteiger partial charge on any atom is -0.403 e. The van der Waals surface area contributed by atoms with E-state index in [-0.39, 0.29) is 5.69 Å². The number of anilines is 1. The SMILES string of the molecule is Nc1c(OC(F)(F)F)cc(Br)c(Br)c1Br. The van der Waals surface area contributed by atoms with Gasteiger partial charge in [0.05, 0.1) is 10.2 Å². The van der Waals surface area contributed by atoms with Crippen molar-refractivity contribution < 1.29 is 17.9 Å². The fraction of sp³-hybridized carbons (Fsp3) is 0.143. The summed E-state index contributed by atoms with van der Waals surface area (Å²) in [6, 6.07) is 1.14. The van der Waals surface area contributed by atoms with E-state index in [2.05, 4.69) is 52.5 Å². The van der Waals surface area contributed by atoms with Gasteiger partial charge in [0, 0.05) is 8.95 Å². The molecule has 0 atom stereocenters. The molecule has 1 aromatic rings. The van der Waals surface area contributed by atoms with Gasteiger partial charge in [-0.25, -0.2) is 0 Å². The first-order valence-corrected chi connectivity index (χ1v) is 5.79. The summed E-state index contributed by atoms with van der Waals surface area (Å²) in [7, 11) is 0. The van der Waals surface area contributed by atoms with E-state index in [1.165, 1.54) is 0 Å². The third kappa shape index (κ3) is 3.25. The van der Waals surface area contributed by atoms with Crippen LogP contribution in [-0.4, -0.2) is 6.36 Å². The molecule has 15 heavy (non-hydrogen) atoms. The van der Waals surface area contributed by atoms with Crippen LogP contribution < -0.4 is 10.5 Å². The van der Waals surface area contributed by atoms with Gasteiger partial charge in [0.15, 0.2) is 5.75 Å². The number of rotatable bonds is 1. The molecular formula is C7H3Br3F3NO. The van der Waals surface area contributed by atoms with E-state index in [9.17, 15) is 13.2 Å². The first-order chi connectivity index (χ1) is 6.72. The molecule has 0 saturated heterocycles. The van der Waals surface area contributed by atoms with Gasteiger partial charge in [-0.2, -0.15) is 0 Å². The smallest absolute Gasteiger partial charge is 0.403 e. The Morgan fingerprint density at radius 2 is 1.67 bits per heavy atom. The molecule has 0 aliphatic heterocycles. The maximum atomic E-state index is 12.0. The summed E-state index contributed by atoms with van der Waals surface area (Å²) in [5.74, 6) is -0.454. The number of halogens is 6. The van der Waals surface area contributed by atoms with Crippen LogP contribution in [0.2, 0.25) is 0 Å². The van der Waals surface area contributed by atoms with Crippen molar-refractivity contribution in [2.24, 2.45) is 0 Å². The Balaban J connectivity index is 3.21. The molecule has 1 rings (SSSR count). The van der Waals surface area contributed by atoms with Crippen molar-refractivity contribution in [2.45, 2.75) is 6.36 Å². The molecule has 0 saturated carbocycles. The molecule has 0 fully saturated rings. The van der Waals surface area contributed by atoms with E-state index in [0.717, 1.165) is 6.07 Å². The van der Waals surface area contributed by atoms with Gasteiger partial charge in [-0.1, -0.05) is 0 Å². The highest BCUT2D eigenvalue weighted by molar-refractivity contribution is 9.14. The highest BCUT2D eigenvalue weighted by Crippen LogP contribution is 2.42. The summed E-state index contributed by atoms with van der Waals surface area (Å²) in [5, 5.41) is 0. The number of alkyl halides is 3. The van der Waals surface area contributed by atoms with Crippen LogP contribution in [0.4, 0.5) is 18.9 Å². The Hall–Kier alpha value is 0.0500. The van der Waals surface area contributed by atoms with Gasteiger partial charge in [-0.05, 0) is 53.9 Å². The van der Waals surface area contributed by atoms with Gasteiger partial charge >= 0.3 is 6.36 Å². The third-order valence-corrected chi connectivity index (χ3v) is 4.72. The molecule has 0 amide bonds. The number of hydrogen-bond acceptors (Lipinski definition) is 2. The summed E-state index contributed by atoms with van der Waals surface area (Å²) in [6.07, 6.45) is -4.76. The van der Waals surface area contributed by atoms with Crippen LogP contribution >= 0.6 is 47.8 Å². The van der Waals surface area contributed by atoms with Crippen LogP contribution in [0, 0.1) is 0 Å². The monoisotopic (exact) mass is 411 g/mol. The lowest BCUT2D eigenvalue weighted by Gasteiger charge is -2.13. The summed E-state index contributed by atoms with van der Waals surface area (Å²) >= 11 is 9.23. The molecule has 0 unspecified atom stereocenters. The molecule has 2 N–H and O–H groups in total. The van der Waals surface area contributed by atoms with Crippen molar-refractivity contribution >= 4 is 53.5 Å². The van der Waals surface area contributed by atoms with E-state index in [4.69, 9.17) is 5.73 Å². The Morgan fingerprint density at radius 1 is 1.13 bits per heavy atom. The van der Waals surface area contributed by atoms with Crippen molar-refractivity contribution in [3.63, 3.8) is 0 Å². The van der Waals surface area contributed by atoms with Crippen LogP contribution in [0.25, 0.3) is 0 Å². The summed E-state index contributed by atoms with van der Waals surface area (Å²) < 4.78 is 40.9. The zero-order valence-electron chi connectivity index (χ0n) is 6.83. The predicted octanol–water partition coefficient (Wildman–Crippen LogP) is 4.45. The van der Waals surface area contributed by atoms with E-state index < -0.39 is 12.1 Å². The molecule has 1 aromatic carbocycles. The number of nitrogens with two attached hydrogens (primary N) is 1. The first-order valence-electron chi connectivity index (χ1n) is 3.41. The van der Waals surface area contributed by atoms with Crippen LogP contribution in [0.1, 0.15) is 0 Å². The van der Waals surface area contributed by atoms with Crippen molar-refractivity contribution in [3.05, 3.63) is 19.5 Å². The topological polar surface area (TPSA) is 35.2 Å². The van der Waals surface area contributed by atoms with E-state index >= 15 is 0 Å². The molecule has 84 valence electrons. The van der Waals surface area contributed by atoms with Gasteiger partial charge in [0.1, 0.15) is 0 Å². The predicted molar refractivity (Wildman–Crippen MR) is 60.6 cm³/mol. The van der Waals surface area contributed by atoms with Crippen LogP contribution in [0.15, 0.2) is 19.5 Å². The number of ether oxygens (including phenoxy) is 1. The third-order valence-electron chi connectivity index (χ3n) is 1.39. The Labute approximate surface area is 108 Å². The van der Waals surface area contributed by atoms with Crippen molar-refractivity contribution in [3.8, 4) is 5.75 Å². The lowest BCUT2D eigenvalue weighted by Crippen LogP contribution is -2.18.